The lowest BCUT2D eigenvalue weighted by Crippen LogP contribution is -1.86. The molecular weight excluding hydrogens is 346 g/mol. The van der Waals surface area contributed by atoms with Crippen LogP contribution in [-0.4, -0.2) is 0 Å². The number of fused-ring (bicyclic) bond motifs is 3. The zero-order valence-electron chi connectivity index (χ0n) is 14.5. The van der Waals surface area contributed by atoms with Crippen LogP contribution in [0.25, 0.3) is 43.3 Å². The van der Waals surface area contributed by atoms with E-state index in [1.165, 1.54) is 26.2 Å². The maximum absolute atomic E-state index is 9.95. The van der Waals surface area contributed by atoms with Gasteiger partial charge in [0.25, 0.3) is 0 Å². The first-order valence-corrected chi connectivity index (χ1v) is 9.72. The van der Waals surface area contributed by atoms with Crippen molar-refractivity contribution < 1.29 is 0 Å². The first-order valence-electron chi connectivity index (χ1n) is 8.84. The third-order valence-electron chi connectivity index (χ3n) is 4.99. The molecule has 0 aliphatic rings. The molecule has 4 aromatic carbocycles. The summed E-state index contributed by atoms with van der Waals surface area (Å²) >= 11 is 1.68. The summed E-state index contributed by atoms with van der Waals surface area (Å²) in [6.45, 7) is 0. The standard InChI is InChI=1S/C25H15NS/c26-15-19(24-16-27-25-12-6-5-11-22(24)25)14-23-20-9-3-1-7-17(20)13-18-8-2-4-10-21(18)23/h1-14,16H/b19-14+. The molecule has 126 valence electrons. The monoisotopic (exact) mass is 361 g/mol. The molecule has 5 rings (SSSR count). The van der Waals surface area contributed by atoms with Gasteiger partial charge in [-0.2, -0.15) is 5.26 Å². The van der Waals surface area contributed by atoms with E-state index in [9.17, 15) is 5.26 Å². The van der Waals surface area contributed by atoms with E-state index < -0.39 is 0 Å². The molecule has 0 radical (unpaired) electrons. The minimum absolute atomic E-state index is 0.703. The first-order chi connectivity index (χ1) is 13.3. The van der Waals surface area contributed by atoms with Gasteiger partial charge in [-0.05, 0) is 45.3 Å². The molecule has 0 saturated heterocycles. The van der Waals surface area contributed by atoms with Crippen LogP contribution in [0.5, 0.6) is 0 Å². The number of allylic oxidation sites excluding steroid dienone is 1. The van der Waals surface area contributed by atoms with E-state index in [-0.39, 0.29) is 0 Å². The molecule has 0 amide bonds. The Kier molecular flexibility index (Phi) is 3.74. The zero-order chi connectivity index (χ0) is 18.2. The summed E-state index contributed by atoms with van der Waals surface area (Å²) in [5, 5.41) is 17.9. The van der Waals surface area contributed by atoms with Crippen molar-refractivity contribution in [1.82, 2.24) is 0 Å². The van der Waals surface area contributed by atoms with Crippen LogP contribution in [-0.2, 0) is 0 Å². The van der Waals surface area contributed by atoms with Crippen LogP contribution in [0, 0.1) is 11.3 Å². The van der Waals surface area contributed by atoms with Crippen molar-refractivity contribution in [3.8, 4) is 6.07 Å². The molecule has 0 saturated carbocycles. The fraction of sp³-hybridized carbons (Fsp3) is 0. The molecule has 0 aliphatic heterocycles. The molecule has 1 aromatic heterocycles. The molecule has 27 heavy (non-hydrogen) atoms. The fourth-order valence-corrected chi connectivity index (χ4v) is 4.67. The Morgan fingerprint density at radius 1 is 0.778 bits per heavy atom. The first kappa shape index (κ1) is 15.8. The van der Waals surface area contributed by atoms with Crippen LogP contribution in [0.4, 0.5) is 0 Å². The van der Waals surface area contributed by atoms with Crippen LogP contribution in [0.2, 0.25) is 0 Å². The fourth-order valence-electron chi connectivity index (χ4n) is 3.71. The number of nitriles is 1. The van der Waals surface area contributed by atoms with E-state index in [1.807, 2.05) is 12.1 Å². The van der Waals surface area contributed by atoms with Gasteiger partial charge in [-0.25, -0.2) is 0 Å². The highest BCUT2D eigenvalue weighted by molar-refractivity contribution is 7.17. The van der Waals surface area contributed by atoms with Crippen molar-refractivity contribution in [2.24, 2.45) is 0 Å². The SMILES string of the molecule is N#C/C(=C\c1c2ccccc2cc2ccccc12)c1csc2ccccc12. The normalized spacial score (nSPS) is 11.9. The molecule has 0 N–H and O–H groups in total. The summed E-state index contributed by atoms with van der Waals surface area (Å²) < 4.78 is 1.21. The van der Waals surface area contributed by atoms with E-state index in [4.69, 9.17) is 0 Å². The van der Waals surface area contributed by atoms with Crippen molar-refractivity contribution in [3.05, 3.63) is 95.4 Å². The lowest BCUT2D eigenvalue weighted by molar-refractivity contribution is 1.54. The minimum atomic E-state index is 0.703. The number of rotatable bonds is 2. The van der Waals surface area contributed by atoms with Gasteiger partial charge in [0.1, 0.15) is 0 Å². The van der Waals surface area contributed by atoms with Gasteiger partial charge in [-0.15, -0.1) is 11.3 Å². The third-order valence-corrected chi connectivity index (χ3v) is 5.96. The summed E-state index contributed by atoms with van der Waals surface area (Å²) in [5.41, 5.74) is 2.82. The molecular formula is C25H15NS. The van der Waals surface area contributed by atoms with Crippen LogP contribution in [0.3, 0.4) is 0 Å². The van der Waals surface area contributed by atoms with E-state index >= 15 is 0 Å². The van der Waals surface area contributed by atoms with Crippen molar-refractivity contribution in [1.29, 1.82) is 5.26 Å². The average molecular weight is 361 g/mol. The highest BCUT2D eigenvalue weighted by Gasteiger charge is 2.11. The van der Waals surface area contributed by atoms with Gasteiger partial charge < -0.3 is 0 Å². The minimum Gasteiger partial charge on any atom is -0.192 e. The van der Waals surface area contributed by atoms with E-state index in [1.54, 1.807) is 11.3 Å². The van der Waals surface area contributed by atoms with Gasteiger partial charge in [0.05, 0.1) is 11.6 Å². The van der Waals surface area contributed by atoms with E-state index in [0.29, 0.717) is 5.57 Å². The number of thiophene rings is 1. The van der Waals surface area contributed by atoms with Gasteiger partial charge in [-0.1, -0.05) is 66.7 Å². The Bertz CT molecular complexity index is 1330. The van der Waals surface area contributed by atoms with Crippen LogP contribution in [0.15, 0.2) is 84.2 Å². The summed E-state index contributed by atoms with van der Waals surface area (Å²) in [7, 11) is 0. The number of hydrogen-bond acceptors (Lipinski definition) is 2. The van der Waals surface area contributed by atoms with Crippen molar-refractivity contribution in [2.45, 2.75) is 0 Å². The van der Waals surface area contributed by atoms with Gasteiger partial charge in [0.2, 0.25) is 0 Å². The number of benzene rings is 4. The Morgan fingerprint density at radius 2 is 1.37 bits per heavy atom. The Morgan fingerprint density at radius 3 is 2.04 bits per heavy atom. The topological polar surface area (TPSA) is 23.8 Å². The number of hydrogen-bond donors (Lipinski definition) is 0. The Labute approximate surface area is 161 Å². The summed E-state index contributed by atoms with van der Waals surface area (Å²) in [5.74, 6) is 0. The van der Waals surface area contributed by atoms with Gasteiger partial charge in [-0.3, -0.25) is 0 Å². The largest absolute Gasteiger partial charge is 0.192 e. The predicted molar refractivity (Wildman–Crippen MR) is 117 cm³/mol. The second-order valence-corrected chi connectivity index (χ2v) is 7.46. The third kappa shape index (κ3) is 2.61. The molecule has 2 heteroatoms. The quantitative estimate of drug-likeness (QED) is 0.239. The maximum atomic E-state index is 9.95. The second-order valence-electron chi connectivity index (χ2n) is 6.55. The Balaban J connectivity index is 1.85. The summed E-state index contributed by atoms with van der Waals surface area (Å²) in [6.07, 6.45) is 2.05. The van der Waals surface area contributed by atoms with Gasteiger partial charge in [0, 0.05) is 21.0 Å². The highest BCUT2D eigenvalue weighted by atomic mass is 32.1. The lowest BCUT2D eigenvalue weighted by Gasteiger charge is -2.09. The molecule has 5 aromatic rings. The van der Waals surface area contributed by atoms with Crippen molar-refractivity contribution in [2.75, 3.05) is 0 Å². The average Bonchev–Trinajstić information content (AvgIpc) is 3.15. The molecule has 0 bridgehead atoms. The predicted octanol–water partition coefficient (Wildman–Crippen LogP) is 7.27. The summed E-state index contributed by atoms with van der Waals surface area (Å²) in [6, 6.07) is 29.7. The van der Waals surface area contributed by atoms with Gasteiger partial charge >= 0.3 is 0 Å². The molecule has 0 atom stereocenters. The van der Waals surface area contributed by atoms with Crippen LogP contribution >= 0.6 is 11.3 Å². The number of nitrogens with zero attached hydrogens (tertiary/aromatic N) is 1. The molecule has 0 aliphatic carbocycles. The molecule has 0 fully saturated rings. The van der Waals surface area contributed by atoms with Crippen LogP contribution in [0.1, 0.15) is 11.1 Å². The summed E-state index contributed by atoms with van der Waals surface area (Å²) in [4.78, 5) is 0. The van der Waals surface area contributed by atoms with E-state index in [2.05, 4.69) is 84.3 Å². The van der Waals surface area contributed by atoms with E-state index in [0.717, 1.165) is 16.5 Å². The van der Waals surface area contributed by atoms with Crippen molar-refractivity contribution >= 4 is 54.6 Å². The molecule has 0 spiro atoms. The lowest BCUT2D eigenvalue weighted by atomic mass is 9.94. The molecule has 0 unspecified atom stereocenters. The molecule has 1 heterocycles. The maximum Gasteiger partial charge on any atom is 0.0998 e. The van der Waals surface area contributed by atoms with Gasteiger partial charge in [0.15, 0.2) is 0 Å². The zero-order valence-corrected chi connectivity index (χ0v) is 15.3. The smallest absolute Gasteiger partial charge is 0.0998 e. The van der Waals surface area contributed by atoms with Crippen LogP contribution < -0.4 is 0 Å². The Hall–Kier alpha value is -3.41. The van der Waals surface area contributed by atoms with Crippen molar-refractivity contribution in [3.63, 3.8) is 0 Å². The second kappa shape index (κ2) is 6.39. The molecule has 1 nitrogen and oxygen atoms in total. The highest BCUT2D eigenvalue weighted by Crippen LogP contribution is 2.35.